The zero-order chi connectivity index (χ0) is 14.4. The first-order chi connectivity index (χ1) is 8.71. The number of aryl methyl sites for hydroxylation is 1. The Kier molecular flexibility index (Phi) is 4.05. The van der Waals surface area contributed by atoms with Crippen LogP contribution in [0.5, 0.6) is 0 Å². The second-order valence-corrected chi connectivity index (χ2v) is 7.36. The van der Waals surface area contributed by atoms with Crippen LogP contribution in [-0.2, 0) is 9.05 Å². The average molecular weight is 360 g/mol. The maximum absolute atomic E-state index is 11.4. The SMILES string of the molecule is Cc1nn(-c2ccc(Cl)cc2Cl)c(Cl)c1S(=O)(=O)Cl. The Bertz CT molecular complexity index is 755. The Labute approximate surface area is 129 Å². The van der Waals surface area contributed by atoms with Gasteiger partial charge in [-0.05, 0) is 25.1 Å². The van der Waals surface area contributed by atoms with Crippen LogP contribution in [0.1, 0.15) is 5.69 Å². The quantitative estimate of drug-likeness (QED) is 0.759. The molecule has 0 atom stereocenters. The number of nitrogens with zero attached hydrogens (tertiary/aromatic N) is 2. The lowest BCUT2D eigenvalue weighted by molar-refractivity contribution is 0.609. The lowest BCUT2D eigenvalue weighted by Crippen LogP contribution is -1.98. The molecule has 0 spiro atoms. The molecule has 1 aromatic heterocycles. The summed E-state index contributed by atoms with van der Waals surface area (Å²) in [6.45, 7) is 1.49. The Morgan fingerprint density at radius 1 is 1.21 bits per heavy atom. The van der Waals surface area contributed by atoms with Crippen LogP contribution in [0.25, 0.3) is 5.69 Å². The van der Waals surface area contributed by atoms with E-state index in [9.17, 15) is 8.42 Å². The molecular weight excluding hydrogens is 354 g/mol. The minimum Gasteiger partial charge on any atom is -0.219 e. The molecule has 0 saturated heterocycles. The first-order valence-electron chi connectivity index (χ1n) is 4.87. The van der Waals surface area contributed by atoms with Gasteiger partial charge in [0, 0.05) is 15.7 Å². The second kappa shape index (κ2) is 5.14. The van der Waals surface area contributed by atoms with Gasteiger partial charge in [0.15, 0.2) is 5.15 Å². The fraction of sp³-hybridized carbons (Fsp3) is 0.100. The van der Waals surface area contributed by atoms with Crippen molar-refractivity contribution in [1.82, 2.24) is 9.78 Å². The predicted molar refractivity (Wildman–Crippen MR) is 76.4 cm³/mol. The van der Waals surface area contributed by atoms with E-state index in [1.54, 1.807) is 12.1 Å². The van der Waals surface area contributed by atoms with E-state index in [0.29, 0.717) is 10.7 Å². The molecule has 0 aliphatic heterocycles. The van der Waals surface area contributed by atoms with E-state index in [1.165, 1.54) is 17.7 Å². The van der Waals surface area contributed by atoms with Crippen molar-refractivity contribution in [3.63, 3.8) is 0 Å². The Hall–Kier alpha value is -0.460. The van der Waals surface area contributed by atoms with Gasteiger partial charge in [0.05, 0.1) is 16.4 Å². The number of benzene rings is 1. The molecule has 2 rings (SSSR count). The van der Waals surface area contributed by atoms with Gasteiger partial charge in [-0.3, -0.25) is 0 Å². The van der Waals surface area contributed by atoms with Gasteiger partial charge in [-0.15, -0.1) is 0 Å². The molecule has 0 aliphatic carbocycles. The first-order valence-corrected chi connectivity index (χ1v) is 8.31. The number of halogens is 4. The van der Waals surface area contributed by atoms with Gasteiger partial charge in [-0.25, -0.2) is 13.1 Å². The summed E-state index contributed by atoms with van der Waals surface area (Å²) in [6, 6.07) is 4.67. The van der Waals surface area contributed by atoms with E-state index < -0.39 is 9.05 Å². The molecular formula is C10H6Cl4N2O2S. The van der Waals surface area contributed by atoms with Crippen LogP contribution < -0.4 is 0 Å². The van der Waals surface area contributed by atoms with E-state index in [4.69, 9.17) is 45.5 Å². The normalized spacial score (nSPS) is 11.8. The maximum atomic E-state index is 11.4. The second-order valence-electron chi connectivity index (χ2n) is 3.65. The predicted octanol–water partition coefficient (Wildman–Crippen LogP) is 4.07. The van der Waals surface area contributed by atoms with Crippen molar-refractivity contribution in [2.75, 3.05) is 0 Å². The molecule has 9 heteroatoms. The minimum atomic E-state index is -3.98. The highest BCUT2D eigenvalue weighted by Crippen LogP contribution is 2.33. The van der Waals surface area contributed by atoms with Crippen molar-refractivity contribution >= 4 is 54.5 Å². The summed E-state index contributed by atoms with van der Waals surface area (Å²) >= 11 is 17.8. The van der Waals surface area contributed by atoms with Crippen LogP contribution in [-0.4, -0.2) is 18.2 Å². The van der Waals surface area contributed by atoms with Gasteiger partial charge in [0.1, 0.15) is 4.90 Å². The summed E-state index contributed by atoms with van der Waals surface area (Å²) in [4.78, 5) is -0.234. The van der Waals surface area contributed by atoms with Gasteiger partial charge < -0.3 is 0 Å². The number of hydrogen-bond donors (Lipinski definition) is 0. The van der Waals surface area contributed by atoms with E-state index in [1.807, 2.05) is 0 Å². The maximum Gasteiger partial charge on any atom is 0.266 e. The highest BCUT2D eigenvalue weighted by atomic mass is 35.7. The Balaban J connectivity index is 2.72. The number of hydrogen-bond acceptors (Lipinski definition) is 3. The van der Waals surface area contributed by atoms with Gasteiger partial charge in [0.2, 0.25) is 0 Å². The molecule has 0 unspecified atom stereocenters. The molecule has 102 valence electrons. The van der Waals surface area contributed by atoms with E-state index in [0.717, 1.165) is 0 Å². The molecule has 19 heavy (non-hydrogen) atoms. The van der Waals surface area contributed by atoms with Crippen LogP contribution in [0.2, 0.25) is 15.2 Å². The average Bonchev–Trinajstić information content (AvgIpc) is 2.53. The third-order valence-corrected chi connectivity index (χ3v) is 4.77. The lowest BCUT2D eigenvalue weighted by atomic mass is 10.3. The molecule has 1 aromatic carbocycles. The Morgan fingerprint density at radius 3 is 2.32 bits per heavy atom. The van der Waals surface area contributed by atoms with Crippen molar-refractivity contribution < 1.29 is 8.42 Å². The summed E-state index contributed by atoms with van der Waals surface area (Å²) in [5, 5.41) is 4.63. The Morgan fingerprint density at radius 2 is 1.84 bits per heavy atom. The lowest BCUT2D eigenvalue weighted by Gasteiger charge is -2.06. The zero-order valence-corrected chi connectivity index (χ0v) is 13.2. The summed E-state index contributed by atoms with van der Waals surface area (Å²) in [5.41, 5.74) is 0.594. The topological polar surface area (TPSA) is 52.0 Å². The summed E-state index contributed by atoms with van der Waals surface area (Å²) in [7, 11) is 1.33. The van der Waals surface area contributed by atoms with Gasteiger partial charge in [-0.1, -0.05) is 34.8 Å². The smallest absolute Gasteiger partial charge is 0.219 e. The summed E-state index contributed by atoms with van der Waals surface area (Å²) < 4.78 is 24.1. The third kappa shape index (κ3) is 2.85. The molecule has 0 fully saturated rings. The van der Waals surface area contributed by atoms with Crippen molar-refractivity contribution in [2.45, 2.75) is 11.8 Å². The van der Waals surface area contributed by atoms with Crippen molar-refractivity contribution in [1.29, 1.82) is 0 Å². The number of rotatable bonds is 2. The highest BCUT2D eigenvalue weighted by molar-refractivity contribution is 8.13. The van der Waals surface area contributed by atoms with Gasteiger partial charge in [-0.2, -0.15) is 5.10 Å². The van der Waals surface area contributed by atoms with Crippen LogP contribution in [0, 0.1) is 6.92 Å². The van der Waals surface area contributed by atoms with Crippen molar-refractivity contribution in [2.24, 2.45) is 0 Å². The summed E-state index contributed by atoms with van der Waals surface area (Å²) in [6.07, 6.45) is 0. The first kappa shape index (κ1) is 14.9. The van der Waals surface area contributed by atoms with Crippen LogP contribution in [0.15, 0.2) is 23.1 Å². The molecule has 2 aromatic rings. The molecule has 0 bridgehead atoms. The minimum absolute atomic E-state index is 0.128. The van der Waals surface area contributed by atoms with Crippen molar-refractivity contribution in [3.05, 3.63) is 39.1 Å². The fourth-order valence-corrected chi connectivity index (χ4v) is 3.99. The molecule has 4 nitrogen and oxygen atoms in total. The highest BCUT2D eigenvalue weighted by Gasteiger charge is 2.25. The molecule has 0 radical (unpaired) electrons. The van der Waals surface area contributed by atoms with E-state index in [-0.39, 0.29) is 20.8 Å². The van der Waals surface area contributed by atoms with Crippen LogP contribution in [0.4, 0.5) is 0 Å². The molecule has 0 amide bonds. The van der Waals surface area contributed by atoms with Crippen LogP contribution in [0.3, 0.4) is 0 Å². The monoisotopic (exact) mass is 358 g/mol. The van der Waals surface area contributed by atoms with Crippen molar-refractivity contribution in [3.8, 4) is 5.69 Å². The number of aromatic nitrogens is 2. The van der Waals surface area contributed by atoms with E-state index in [2.05, 4.69) is 5.10 Å². The molecule has 0 saturated carbocycles. The van der Waals surface area contributed by atoms with Gasteiger partial charge >= 0.3 is 0 Å². The van der Waals surface area contributed by atoms with E-state index >= 15 is 0 Å². The fourth-order valence-electron chi connectivity index (χ4n) is 1.57. The largest absolute Gasteiger partial charge is 0.266 e. The third-order valence-electron chi connectivity index (χ3n) is 2.33. The zero-order valence-electron chi connectivity index (χ0n) is 9.36. The van der Waals surface area contributed by atoms with Crippen LogP contribution >= 0.6 is 45.5 Å². The molecule has 0 N–H and O–H groups in total. The standard InChI is InChI=1S/C10H6Cl4N2O2S/c1-5-9(19(14,17)18)10(13)16(15-5)8-3-2-6(11)4-7(8)12/h2-4H,1H3. The molecule has 0 aliphatic rings. The van der Waals surface area contributed by atoms with Gasteiger partial charge in [0.25, 0.3) is 9.05 Å². The molecule has 1 heterocycles. The summed E-state index contributed by atoms with van der Waals surface area (Å²) in [5.74, 6) is 0.